The number of aryl methyl sites for hydroxylation is 1. The molecule has 0 unspecified atom stereocenters. The van der Waals surface area contributed by atoms with E-state index in [1.165, 1.54) is 23.9 Å². The van der Waals surface area contributed by atoms with Crippen LogP contribution in [-0.4, -0.2) is 9.91 Å². The van der Waals surface area contributed by atoms with Crippen LogP contribution in [0.3, 0.4) is 0 Å². The Morgan fingerprint density at radius 3 is 2.44 bits per heavy atom. The molecule has 1 aromatic heterocycles. The van der Waals surface area contributed by atoms with Crippen LogP contribution in [0.15, 0.2) is 50.8 Å². The average Bonchev–Trinajstić information content (AvgIpc) is 2.34. The number of hydrogen-bond acceptors (Lipinski definition) is 4. The molecule has 0 saturated carbocycles. The van der Waals surface area contributed by atoms with Gasteiger partial charge in [0.15, 0.2) is 0 Å². The van der Waals surface area contributed by atoms with Gasteiger partial charge in [-0.1, -0.05) is 11.8 Å². The number of non-ortho nitro benzene ring substituents is 1. The SMILES string of the molecule is Cc1nc(Sc2ccc([N+](=O)[O-])cc2)ccc1Br. The van der Waals surface area contributed by atoms with Crippen LogP contribution < -0.4 is 0 Å². The molecule has 0 N–H and O–H groups in total. The first-order chi connectivity index (χ1) is 8.56. The molecular weight excluding hydrogens is 316 g/mol. The van der Waals surface area contributed by atoms with Gasteiger partial charge in [0.05, 0.1) is 10.6 Å². The summed E-state index contributed by atoms with van der Waals surface area (Å²) in [5.41, 5.74) is 1.02. The van der Waals surface area contributed by atoms with E-state index in [-0.39, 0.29) is 5.69 Å². The van der Waals surface area contributed by atoms with Crippen LogP contribution in [-0.2, 0) is 0 Å². The molecule has 0 fully saturated rings. The van der Waals surface area contributed by atoms with Gasteiger partial charge in [0, 0.05) is 21.5 Å². The van der Waals surface area contributed by atoms with Gasteiger partial charge in [-0.2, -0.15) is 0 Å². The first-order valence-electron chi connectivity index (χ1n) is 5.12. The fourth-order valence-electron chi connectivity index (χ4n) is 1.33. The third-order valence-corrected chi connectivity index (χ3v) is 4.05. The Hall–Kier alpha value is -1.40. The zero-order valence-corrected chi connectivity index (χ0v) is 11.9. The minimum absolute atomic E-state index is 0.0966. The smallest absolute Gasteiger partial charge is 0.258 e. The van der Waals surface area contributed by atoms with E-state index >= 15 is 0 Å². The monoisotopic (exact) mass is 324 g/mol. The van der Waals surface area contributed by atoms with Crippen molar-refractivity contribution in [1.29, 1.82) is 0 Å². The highest BCUT2D eigenvalue weighted by atomic mass is 79.9. The summed E-state index contributed by atoms with van der Waals surface area (Å²) in [4.78, 5) is 15.5. The van der Waals surface area contributed by atoms with E-state index in [1.54, 1.807) is 12.1 Å². The van der Waals surface area contributed by atoms with Crippen molar-refractivity contribution >= 4 is 33.4 Å². The molecule has 0 saturated heterocycles. The summed E-state index contributed by atoms with van der Waals surface area (Å²) in [5, 5.41) is 11.4. The molecule has 0 aliphatic rings. The van der Waals surface area contributed by atoms with Crippen LogP contribution in [0.5, 0.6) is 0 Å². The van der Waals surface area contributed by atoms with E-state index in [4.69, 9.17) is 0 Å². The van der Waals surface area contributed by atoms with Crippen LogP contribution in [0.25, 0.3) is 0 Å². The van der Waals surface area contributed by atoms with Gasteiger partial charge in [-0.05, 0) is 47.1 Å². The Labute approximate surface area is 117 Å². The van der Waals surface area contributed by atoms with Gasteiger partial charge in [-0.15, -0.1) is 0 Å². The molecule has 0 amide bonds. The lowest BCUT2D eigenvalue weighted by molar-refractivity contribution is -0.384. The van der Waals surface area contributed by atoms with E-state index in [2.05, 4.69) is 20.9 Å². The minimum Gasteiger partial charge on any atom is -0.258 e. The third kappa shape index (κ3) is 3.08. The number of nitro groups is 1. The van der Waals surface area contributed by atoms with Crippen LogP contribution in [0.1, 0.15) is 5.69 Å². The molecule has 0 aliphatic carbocycles. The number of nitrogens with zero attached hydrogens (tertiary/aromatic N) is 2. The topological polar surface area (TPSA) is 56.0 Å². The molecule has 1 aromatic carbocycles. The normalized spacial score (nSPS) is 10.3. The van der Waals surface area contributed by atoms with Crippen molar-refractivity contribution in [3.63, 3.8) is 0 Å². The third-order valence-electron chi connectivity index (χ3n) is 2.27. The Bertz CT molecular complexity index is 587. The zero-order valence-electron chi connectivity index (χ0n) is 9.46. The Balaban J connectivity index is 2.18. The lowest BCUT2D eigenvalue weighted by atomic mass is 10.3. The fourth-order valence-corrected chi connectivity index (χ4v) is 2.39. The molecule has 0 bridgehead atoms. The zero-order chi connectivity index (χ0) is 13.1. The van der Waals surface area contributed by atoms with E-state index in [0.717, 1.165) is 20.1 Å². The summed E-state index contributed by atoms with van der Waals surface area (Å²) in [6.07, 6.45) is 0. The summed E-state index contributed by atoms with van der Waals surface area (Å²) < 4.78 is 0.968. The van der Waals surface area contributed by atoms with Crippen LogP contribution >= 0.6 is 27.7 Å². The molecule has 0 spiro atoms. The summed E-state index contributed by atoms with van der Waals surface area (Å²) >= 11 is 4.87. The van der Waals surface area contributed by atoms with E-state index in [1.807, 2.05) is 19.1 Å². The highest BCUT2D eigenvalue weighted by Crippen LogP contribution is 2.29. The minimum atomic E-state index is -0.406. The largest absolute Gasteiger partial charge is 0.269 e. The second-order valence-electron chi connectivity index (χ2n) is 3.57. The van der Waals surface area contributed by atoms with Gasteiger partial charge < -0.3 is 0 Å². The molecule has 2 rings (SSSR count). The van der Waals surface area contributed by atoms with Gasteiger partial charge in [0.1, 0.15) is 5.03 Å². The predicted molar refractivity (Wildman–Crippen MR) is 73.9 cm³/mol. The maximum Gasteiger partial charge on any atom is 0.269 e. The number of aromatic nitrogens is 1. The van der Waals surface area contributed by atoms with Crippen molar-refractivity contribution in [2.24, 2.45) is 0 Å². The van der Waals surface area contributed by atoms with Gasteiger partial charge in [-0.25, -0.2) is 4.98 Å². The number of benzene rings is 1. The number of nitro benzene ring substituents is 1. The molecule has 2 aromatic rings. The highest BCUT2D eigenvalue weighted by Gasteiger charge is 2.06. The van der Waals surface area contributed by atoms with E-state index in [9.17, 15) is 10.1 Å². The standard InChI is InChI=1S/C12H9BrN2O2S/c1-8-11(13)6-7-12(14-8)18-10-4-2-9(3-5-10)15(16)17/h2-7H,1H3. The summed E-state index contributed by atoms with van der Waals surface area (Å²) in [6, 6.07) is 10.3. The van der Waals surface area contributed by atoms with Crippen molar-refractivity contribution in [1.82, 2.24) is 4.98 Å². The van der Waals surface area contributed by atoms with Gasteiger partial charge in [-0.3, -0.25) is 10.1 Å². The second kappa shape index (κ2) is 5.49. The molecule has 1 heterocycles. The van der Waals surface area contributed by atoms with E-state index in [0.29, 0.717) is 0 Å². The van der Waals surface area contributed by atoms with Crippen LogP contribution in [0.2, 0.25) is 0 Å². The summed E-state index contributed by atoms with van der Waals surface area (Å²) in [5.74, 6) is 0. The fraction of sp³-hybridized carbons (Fsp3) is 0.0833. The molecule has 4 nitrogen and oxygen atoms in total. The Kier molecular flexibility index (Phi) is 3.98. The molecule has 6 heteroatoms. The van der Waals surface area contributed by atoms with Crippen molar-refractivity contribution in [2.75, 3.05) is 0 Å². The van der Waals surface area contributed by atoms with Gasteiger partial charge in [0.2, 0.25) is 0 Å². The quantitative estimate of drug-likeness (QED) is 0.626. The number of pyridine rings is 1. The molecular formula is C12H9BrN2O2S. The van der Waals surface area contributed by atoms with Gasteiger partial charge >= 0.3 is 0 Å². The highest BCUT2D eigenvalue weighted by molar-refractivity contribution is 9.10. The first-order valence-corrected chi connectivity index (χ1v) is 6.72. The second-order valence-corrected chi connectivity index (χ2v) is 5.52. The van der Waals surface area contributed by atoms with Crippen molar-refractivity contribution in [2.45, 2.75) is 16.8 Å². The molecule has 18 heavy (non-hydrogen) atoms. The molecule has 0 aliphatic heterocycles. The van der Waals surface area contributed by atoms with Crippen molar-refractivity contribution in [3.05, 3.63) is 56.7 Å². The summed E-state index contributed by atoms with van der Waals surface area (Å²) in [7, 11) is 0. The lowest BCUT2D eigenvalue weighted by Crippen LogP contribution is -1.88. The predicted octanol–water partition coefficient (Wildman–Crippen LogP) is 4.21. The average molecular weight is 325 g/mol. The number of rotatable bonds is 3. The first kappa shape index (κ1) is 13.0. The van der Waals surface area contributed by atoms with E-state index < -0.39 is 4.92 Å². The van der Waals surface area contributed by atoms with Gasteiger partial charge in [0.25, 0.3) is 5.69 Å². The maximum absolute atomic E-state index is 10.5. The number of halogens is 1. The van der Waals surface area contributed by atoms with Crippen LogP contribution in [0.4, 0.5) is 5.69 Å². The number of hydrogen-bond donors (Lipinski definition) is 0. The van der Waals surface area contributed by atoms with Crippen LogP contribution in [0, 0.1) is 17.0 Å². The van der Waals surface area contributed by atoms with Crippen molar-refractivity contribution < 1.29 is 4.92 Å². The summed E-state index contributed by atoms with van der Waals surface area (Å²) in [6.45, 7) is 1.92. The Morgan fingerprint density at radius 2 is 1.89 bits per heavy atom. The molecule has 0 radical (unpaired) electrons. The Morgan fingerprint density at radius 1 is 1.22 bits per heavy atom. The molecule has 92 valence electrons. The molecule has 0 atom stereocenters. The van der Waals surface area contributed by atoms with Crippen molar-refractivity contribution in [3.8, 4) is 0 Å². The lowest BCUT2D eigenvalue weighted by Gasteiger charge is -2.03. The maximum atomic E-state index is 10.5.